The minimum atomic E-state index is -3.12. The number of rotatable bonds is 8. The van der Waals surface area contributed by atoms with Gasteiger partial charge in [-0.25, -0.2) is 9.07 Å². The summed E-state index contributed by atoms with van der Waals surface area (Å²) in [6.07, 6.45) is 3.64. The van der Waals surface area contributed by atoms with Gasteiger partial charge in [0, 0.05) is 31.8 Å². The summed E-state index contributed by atoms with van der Waals surface area (Å²) in [6.45, 7) is 1.84. The van der Waals surface area contributed by atoms with Crippen LogP contribution in [0.3, 0.4) is 0 Å². The number of nitrogens with zero attached hydrogens (tertiary/aromatic N) is 3. The molecule has 0 atom stereocenters. The van der Waals surface area contributed by atoms with Gasteiger partial charge in [-0.1, -0.05) is 6.07 Å². The molecule has 0 spiro atoms. The van der Waals surface area contributed by atoms with Crippen LogP contribution in [0.25, 0.3) is 16.6 Å². The van der Waals surface area contributed by atoms with Gasteiger partial charge < -0.3 is 10.4 Å². The first kappa shape index (κ1) is 23.5. The maximum absolute atomic E-state index is 14.3. The van der Waals surface area contributed by atoms with Crippen LogP contribution >= 0.6 is 10.8 Å². The smallest absolute Gasteiger partial charge is 0.270 e. The van der Waals surface area contributed by atoms with Gasteiger partial charge >= 0.3 is 0 Å². The highest BCUT2D eigenvalue weighted by Crippen LogP contribution is 2.51. The fourth-order valence-corrected chi connectivity index (χ4v) is 5.01. The quantitative estimate of drug-likeness (QED) is 0.388. The summed E-state index contributed by atoms with van der Waals surface area (Å²) in [7, 11) is -1.59. The minimum Gasteiger partial charge on any atom is -0.396 e. The van der Waals surface area contributed by atoms with Gasteiger partial charge in [-0.05, 0) is 67.5 Å². The van der Waals surface area contributed by atoms with E-state index in [0.29, 0.717) is 34.3 Å². The summed E-state index contributed by atoms with van der Waals surface area (Å²) in [4.78, 5) is 12.9. The molecule has 0 unspecified atom stereocenters. The number of aromatic nitrogens is 2. The Balaban J connectivity index is 1.97. The summed E-state index contributed by atoms with van der Waals surface area (Å²) in [5.74, 6) is -0.519. The zero-order chi connectivity index (χ0) is 23.9. The Morgan fingerprint density at radius 2 is 2.03 bits per heavy atom. The molecule has 1 aliphatic carbocycles. The number of aliphatic hydroxyl groups excluding tert-OH is 1. The van der Waals surface area contributed by atoms with Crippen LogP contribution in [0.5, 0.6) is 0 Å². The number of fused-ring (bicyclic) bond motifs is 1. The molecule has 1 aromatic heterocycles. The van der Waals surface area contributed by atoms with Gasteiger partial charge in [0.2, 0.25) is 0 Å². The van der Waals surface area contributed by atoms with Gasteiger partial charge in [-0.15, -0.1) is 10.8 Å². The van der Waals surface area contributed by atoms with Crippen molar-refractivity contribution in [3.05, 3.63) is 53.0 Å². The number of aliphatic hydroxyl groups is 1. The number of nitrogens with one attached hydrogen (secondary N) is 1. The molecule has 2 aromatic carbocycles. The maximum Gasteiger partial charge on any atom is 0.270 e. The number of anilines is 1. The molecule has 0 bridgehead atoms. The van der Waals surface area contributed by atoms with E-state index in [0.717, 1.165) is 18.4 Å². The molecule has 1 heterocycles. The van der Waals surface area contributed by atoms with Crippen molar-refractivity contribution in [3.8, 4) is 5.69 Å². The van der Waals surface area contributed by atoms with Crippen molar-refractivity contribution in [2.75, 3.05) is 30.8 Å². The third-order valence-electron chi connectivity index (χ3n) is 5.88. The molecule has 178 valence electrons. The fraction of sp³-hybridized carbons (Fsp3) is 0.391. The molecule has 33 heavy (non-hydrogen) atoms. The van der Waals surface area contributed by atoms with E-state index in [2.05, 4.69) is 10.4 Å². The van der Waals surface area contributed by atoms with E-state index < -0.39 is 16.6 Å². The summed E-state index contributed by atoms with van der Waals surface area (Å²) >= 11 is 0. The SMILES string of the molecule is CNC(=O)c1c2cc(C3CC3)c(N(CCCO)S(C)(O)O)cc2nn1-c1ccc(C)c(F)c1. The Morgan fingerprint density at radius 1 is 1.30 bits per heavy atom. The molecule has 0 radical (unpaired) electrons. The van der Waals surface area contributed by atoms with E-state index in [4.69, 9.17) is 0 Å². The van der Waals surface area contributed by atoms with E-state index in [-0.39, 0.29) is 30.7 Å². The van der Waals surface area contributed by atoms with Gasteiger partial charge in [0.15, 0.2) is 0 Å². The highest BCUT2D eigenvalue weighted by molar-refractivity contribution is 8.24. The molecule has 1 fully saturated rings. The van der Waals surface area contributed by atoms with Crippen LogP contribution in [-0.2, 0) is 0 Å². The normalized spacial score (nSPS) is 14.5. The number of carbonyl (C=O) groups is 1. The molecule has 1 amide bonds. The van der Waals surface area contributed by atoms with Gasteiger partial charge in [0.05, 0.1) is 16.9 Å². The second kappa shape index (κ2) is 8.94. The average Bonchev–Trinajstić information content (AvgIpc) is 3.54. The Labute approximate surface area is 193 Å². The molecule has 4 rings (SSSR count). The Bertz CT molecular complexity index is 1200. The van der Waals surface area contributed by atoms with Crippen LogP contribution < -0.4 is 9.62 Å². The van der Waals surface area contributed by atoms with Crippen LogP contribution in [0.2, 0.25) is 0 Å². The first-order valence-electron chi connectivity index (χ1n) is 10.8. The molecule has 1 aliphatic rings. The van der Waals surface area contributed by atoms with Crippen molar-refractivity contribution in [2.24, 2.45) is 0 Å². The van der Waals surface area contributed by atoms with Crippen LogP contribution in [0.1, 0.15) is 46.8 Å². The zero-order valence-electron chi connectivity index (χ0n) is 18.9. The van der Waals surface area contributed by atoms with Gasteiger partial charge in [-0.3, -0.25) is 18.2 Å². The number of halogens is 1. The minimum absolute atomic E-state index is 0.0819. The lowest BCUT2D eigenvalue weighted by Crippen LogP contribution is -2.29. The first-order valence-corrected chi connectivity index (χ1v) is 12.7. The number of aryl methyl sites for hydroxylation is 1. The summed E-state index contributed by atoms with van der Waals surface area (Å²) in [5.41, 5.74) is 3.20. The van der Waals surface area contributed by atoms with Gasteiger partial charge in [0.25, 0.3) is 5.91 Å². The van der Waals surface area contributed by atoms with Crippen LogP contribution in [0, 0.1) is 12.7 Å². The third kappa shape index (κ3) is 4.56. The molecule has 3 aromatic rings. The molecule has 8 nitrogen and oxygen atoms in total. The highest BCUT2D eigenvalue weighted by atomic mass is 32.3. The largest absolute Gasteiger partial charge is 0.396 e. The molecular weight excluding hydrogens is 447 g/mol. The Kier molecular flexibility index (Phi) is 6.37. The topological polar surface area (TPSA) is 111 Å². The summed E-state index contributed by atoms with van der Waals surface area (Å²) in [6, 6.07) is 8.32. The molecule has 0 aliphatic heterocycles. The average molecular weight is 477 g/mol. The molecule has 4 N–H and O–H groups in total. The van der Waals surface area contributed by atoms with E-state index in [1.807, 2.05) is 6.07 Å². The monoisotopic (exact) mass is 476 g/mol. The standard InChI is InChI=1S/C23H29FN4O4S/c1-14-5-8-16(11-19(14)24)28-22(23(30)25-2)18-12-17(15-6-7-15)21(13-20(18)26-28)27(9-4-10-29)33(3,31)32/h5,8,11-13,15,29,31-32H,4,6-7,9-10H2,1-3H3,(H,25,30). The highest BCUT2D eigenvalue weighted by Gasteiger charge is 2.32. The summed E-state index contributed by atoms with van der Waals surface area (Å²) in [5, 5.41) is 17.2. The molecular formula is C23H29FN4O4S. The van der Waals surface area contributed by atoms with Gasteiger partial charge in [0.1, 0.15) is 11.5 Å². The first-order chi connectivity index (χ1) is 15.7. The number of hydrogen-bond acceptors (Lipinski definition) is 6. The van der Waals surface area contributed by atoms with Crippen molar-refractivity contribution < 1.29 is 23.4 Å². The molecule has 0 saturated heterocycles. The predicted molar refractivity (Wildman–Crippen MR) is 129 cm³/mol. The Morgan fingerprint density at radius 3 is 2.61 bits per heavy atom. The number of benzene rings is 2. The van der Waals surface area contributed by atoms with Crippen molar-refractivity contribution in [1.29, 1.82) is 0 Å². The van der Waals surface area contributed by atoms with E-state index in [9.17, 15) is 23.4 Å². The number of carbonyl (C=O) groups excluding carboxylic acids is 1. The van der Waals surface area contributed by atoms with Crippen LogP contribution in [-0.4, -0.2) is 56.4 Å². The molecule has 1 saturated carbocycles. The van der Waals surface area contributed by atoms with Crippen molar-refractivity contribution in [2.45, 2.75) is 32.1 Å². The lowest BCUT2D eigenvalue weighted by molar-refractivity contribution is 0.0957. The maximum atomic E-state index is 14.3. The Hall–Kier alpha value is -2.66. The predicted octanol–water partition coefficient (Wildman–Crippen LogP) is 4.19. The van der Waals surface area contributed by atoms with E-state index in [1.54, 1.807) is 25.1 Å². The van der Waals surface area contributed by atoms with Crippen LogP contribution in [0.4, 0.5) is 10.1 Å². The zero-order valence-corrected chi connectivity index (χ0v) is 19.7. The van der Waals surface area contributed by atoms with E-state index in [1.165, 1.54) is 28.4 Å². The number of hydrogen-bond donors (Lipinski definition) is 4. The summed E-state index contributed by atoms with van der Waals surface area (Å²) < 4.78 is 38.3. The number of amides is 1. The van der Waals surface area contributed by atoms with E-state index >= 15 is 0 Å². The lowest BCUT2D eigenvalue weighted by atomic mass is 10.0. The lowest BCUT2D eigenvalue weighted by Gasteiger charge is -2.42. The van der Waals surface area contributed by atoms with Gasteiger partial charge in [-0.2, -0.15) is 5.10 Å². The molecule has 10 heteroatoms. The second-order valence-electron chi connectivity index (χ2n) is 8.45. The van der Waals surface area contributed by atoms with Crippen LogP contribution in [0.15, 0.2) is 30.3 Å². The van der Waals surface area contributed by atoms with Crippen molar-refractivity contribution in [3.63, 3.8) is 0 Å². The fourth-order valence-electron chi connectivity index (χ4n) is 4.01. The second-order valence-corrected chi connectivity index (χ2v) is 10.5. The van der Waals surface area contributed by atoms with Crippen molar-refractivity contribution >= 4 is 33.3 Å². The van der Waals surface area contributed by atoms with Crippen molar-refractivity contribution in [1.82, 2.24) is 15.1 Å². The third-order valence-corrected chi connectivity index (χ3v) is 7.10.